The van der Waals surface area contributed by atoms with Crippen LogP contribution >= 0.6 is 0 Å². The number of nitrogens with one attached hydrogen (secondary N) is 2. The van der Waals surface area contributed by atoms with Gasteiger partial charge in [0.15, 0.2) is 0 Å². The predicted octanol–water partition coefficient (Wildman–Crippen LogP) is 0.879. The number of benzene rings is 1. The van der Waals surface area contributed by atoms with Gasteiger partial charge in [0.25, 0.3) is 0 Å². The number of carbonyl (C=O) groups excluding carboxylic acids is 2. The van der Waals surface area contributed by atoms with Gasteiger partial charge in [-0.1, -0.05) is 0 Å². The van der Waals surface area contributed by atoms with Gasteiger partial charge in [0.1, 0.15) is 5.75 Å². The summed E-state index contributed by atoms with van der Waals surface area (Å²) in [7, 11) is 1.59. The van der Waals surface area contributed by atoms with E-state index < -0.39 is 0 Å². The number of primary amides is 1. The van der Waals surface area contributed by atoms with Gasteiger partial charge in [-0.15, -0.1) is 0 Å². The van der Waals surface area contributed by atoms with Crippen molar-refractivity contribution in [2.24, 2.45) is 5.73 Å². The monoisotopic (exact) mass is 279 g/mol. The van der Waals surface area contributed by atoms with Crippen molar-refractivity contribution < 1.29 is 14.3 Å². The maximum absolute atomic E-state index is 11.6. The Morgan fingerprint density at radius 3 is 2.50 bits per heavy atom. The summed E-state index contributed by atoms with van der Waals surface area (Å²) in [6.45, 7) is 0.923. The van der Waals surface area contributed by atoms with Crippen LogP contribution in [0.3, 0.4) is 0 Å². The van der Waals surface area contributed by atoms with Crippen molar-refractivity contribution in [3.05, 3.63) is 24.3 Å². The van der Waals surface area contributed by atoms with Crippen molar-refractivity contribution in [1.29, 1.82) is 0 Å². The first-order valence-corrected chi connectivity index (χ1v) is 6.54. The highest BCUT2D eigenvalue weighted by atomic mass is 16.5. The molecule has 0 aliphatic carbocycles. The van der Waals surface area contributed by atoms with Gasteiger partial charge in [-0.25, -0.2) is 0 Å². The normalized spacial score (nSPS) is 10.1. The smallest absolute Gasteiger partial charge is 0.238 e. The molecule has 0 fully saturated rings. The van der Waals surface area contributed by atoms with E-state index in [-0.39, 0.29) is 18.4 Å². The van der Waals surface area contributed by atoms with Gasteiger partial charge >= 0.3 is 0 Å². The summed E-state index contributed by atoms with van der Waals surface area (Å²) in [6, 6.07) is 7.13. The molecule has 0 aromatic heterocycles. The van der Waals surface area contributed by atoms with Crippen molar-refractivity contribution in [2.45, 2.75) is 19.3 Å². The lowest BCUT2D eigenvalue weighted by Crippen LogP contribution is -2.28. The van der Waals surface area contributed by atoms with Crippen LogP contribution < -0.4 is 21.1 Å². The van der Waals surface area contributed by atoms with Gasteiger partial charge in [0.05, 0.1) is 13.7 Å². The Kier molecular flexibility index (Phi) is 7.13. The molecule has 6 heteroatoms. The summed E-state index contributed by atoms with van der Waals surface area (Å²) >= 11 is 0. The number of nitrogens with two attached hydrogens (primary N) is 1. The number of anilines is 1. The molecule has 0 atom stereocenters. The predicted molar refractivity (Wildman–Crippen MR) is 77.5 cm³/mol. The molecule has 1 aromatic rings. The molecule has 0 saturated heterocycles. The molecule has 0 heterocycles. The lowest BCUT2D eigenvalue weighted by molar-refractivity contribution is -0.118. The SMILES string of the molecule is COc1ccc(NC(=O)CNCCCCC(N)=O)cc1. The van der Waals surface area contributed by atoms with Crippen molar-refractivity contribution in [3.63, 3.8) is 0 Å². The zero-order valence-corrected chi connectivity index (χ0v) is 11.6. The summed E-state index contributed by atoms with van der Waals surface area (Å²) < 4.78 is 5.04. The Labute approximate surface area is 118 Å². The van der Waals surface area contributed by atoms with E-state index in [1.165, 1.54) is 0 Å². The van der Waals surface area contributed by atoms with E-state index in [9.17, 15) is 9.59 Å². The fourth-order valence-electron chi connectivity index (χ4n) is 1.63. The average molecular weight is 279 g/mol. The maximum Gasteiger partial charge on any atom is 0.238 e. The van der Waals surface area contributed by atoms with Crippen LogP contribution in [0.5, 0.6) is 5.75 Å². The van der Waals surface area contributed by atoms with Crippen LogP contribution in [-0.2, 0) is 9.59 Å². The molecular formula is C14H21N3O3. The fraction of sp³-hybridized carbons (Fsp3) is 0.429. The highest BCUT2D eigenvalue weighted by Crippen LogP contribution is 2.14. The topological polar surface area (TPSA) is 93.4 Å². The molecule has 20 heavy (non-hydrogen) atoms. The Morgan fingerprint density at radius 1 is 1.20 bits per heavy atom. The standard InChI is InChI=1S/C14H21N3O3/c1-20-12-7-5-11(6-8-12)17-14(19)10-16-9-3-2-4-13(15)18/h5-8,16H,2-4,9-10H2,1H3,(H2,15,18)(H,17,19). The Bertz CT molecular complexity index is 432. The summed E-state index contributed by atoms with van der Waals surface area (Å²) in [6.07, 6.45) is 1.95. The third kappa shape index (κ3) is 6.75. The summed E-state index contributed by atoms with van der Waals surface area (Å²) in [5.41, 5.74) is 5.76. The molecule has 0 saturated carbocycles. The van der Waals surface area contributed by atoms with Crippen molar-refractivity contribution in [2.75, 3.05) is 25.5 Å². The minimum absolute atomic E-state index is 0.106. The number of methoxy groups -OCH3 is 1. The Balaban J connectivity index is 2.15. The number of carbonyl (C=O) groups is 2. The number of rotatable bonds is 9. The molecule has 4 N–H and O–H groups in total. The molecule has 1 rings (SSSR count). The number of hydrogen-bond acceptors (Lipinski definition) is 4. The number of unbranched alkanes of at least 4 members (excludes halogenated alkanes) is 1. The molecule has 0 spiro atoms. The van der Waals surface area contributed by atoms with Crippen LogP contribution in [0.2, 0.25) is 0 Å². The first-order valence-electron chi connectivity index (χ1n) is 6.54. The van der Waals surface area contributed by atoms with Gasteiger partial charge in [-0.2, -0.15) is 0 Å². The second-order valence-corrected chi connectivity index (χ2v) is 4.38. The molecule has 1 aromatic carbocycles. The van der Waals surface area contributed by atoms with E-state index in [1.807, 2.05) is 0 Å². The van der Waals surface area contributed by atoms with Crippen molar-refractivity contribution in [1.82, 2.24) is 5.32 Å². The Hall–Kier alpha value is -2.08. The van der Waals surface area contributed by atoms with Crippen LogP contribution in [0, 0.1) is 0 Å². The van der Waals surface area contributed by atoms with Crippen LogP contribution in [0.1, 0.15) is 19.3 Å². The molecule has 0 bridgehead atoms. The second kappa shape index (κ2) is 8.92. The third-order valence-electron chi connectivity index (χ3n) is 2.69. The minimum atomic E-state index is -0.290. The summed E-state index contributed by atoms with van der Waals surface area (Å²) in [4.78, 5) is 22.1. The van der Waals surface area contributed by atoms with E-state index in [4.69, 9.17) is 10.5 Å². The highest BCUT2D eigenvalue weighted by Gasteiger charge is 2.02. The largest absolute Gasteiger partial charge is 0.497 e. The molecule has 0 aliphatic heterocycles. The van der Waals surface area contributed by atoms with Crippen LogP contribution in [-0.4, -0.2) is 32.0 Å². The van der Waals surface area contributed by atoms with Crippen molar-refractivity contribution >= 4 is 17.5 Å². The van der Waals surface area contributed by atoms with E-state index in [1.54, 1.807) is 31.4 Å². The maximum atomic E-state index is 11.6. The average Bonchev–Trinajstić information content (AvgIpc) is 2.43. The van der Waals surface area contributed by atoms with Crippen LogP contribution in [0.25, 0.3) is 0 Å². The number of amides is 2. The van der Waals surface area contributed by atoms with E-state index in [2.05, 4.69) is 10.6 Å². The van der Waals surface area contributed by atoms with Crippen LogP contribution in [0.4, 0.5) is 5.69 Å². The van der Waals surface area contributed by atoms with Crippen molar-refractivity contribution in [3.8, 4) is 5.75 Å². The van der Waals surface area contributed by atoms with Gasteiger partial charge in [-0.05, 0) is 43.7 Å². The summed E-state index contributed by atoms with van der Waals surface area (Å²) in [5, 5.41) is 5.78. The molecule has 0 unspecified atom stereocenters. The molecular weight excluding hydrogens is 258 g/mol. The molecule has 0 radical (unpaired) electrons. The highest BCUT2D eigenvalue weighted by molar-refractivity contribution is 5.92. The van der Waals surface area contributed by atoms with Crippen LogP contribution in [0.15, 0.2) is 24.3 Å². The first-order chi connectivity index (χ1) is 9.61. The minimum Gasteiger partial charge on any atom is -0.497 e. The van der Waals surface area contributed by atoms with E-state index in [0.29, 0.717) is 13.0 Å². The van der Waals surface area contributed by atoms with E-state index in [0.717, 1.165) is 24.3 Å². The van der Waals surface area contributed by atoms with Gasteiger partial charge in [0, 0.05) is 12.1 Å². The molecule has 2 amide bonds. The molecule has 110 valence electrons. The number of ether oxygens (including phenoxy) is 1. The first kappa shape index (κ1) is 16.0. The zero-order valence-electron chi connectivity index (χ0n) is 11.6. The summed E-state index contributed by atoms with van der Waals surface area (Å²) in [5.74, 6) is 0.350. The zero-order chi connectivity index (χ0) is 14.8. The van der Waals surface area contributed by atoms with Gasteiger partial charge in [0.2, 0.25) is 11.8 Å². The van der Waals surface area contributed by atoms with Gasteiger partial charge in [-0.3, -0.25) is 9.59 Å². The molecule has 6 nitrogen and oxygen atoms in total. The lowest BCUT2D eigenvalue weighted by atomic mass is 10.2. The van der Waals surface area contributed by atoms with Gasteiger partial charge < -0.3 is 21.1 Å². The fourth-order valence-corrected chi connectivity index (χ4v) is 1.63. The third-order valence-corrected chi connectivity index (χ3v) is 2.69. The Morgan fingerprint density at radius 2 is 1.90 bits per heavy atom. The second-order valence-electron chi connectivity index (χ2n) is 4.38. The quantitative estimate of drug-likeness (QED) is 0.585. The van der Waals surface area contributed by atoms with E-state index >= 15 is 0 Å². The number of hydrogen-bond donors (Lipinski definition) is 3. The lowest BCUT2D eigenvalue weighted by Gasteiger charge is -2.07. The molecule has 0 aliphatic rings.